The van der Waals surface area contributed by atoms with Gasteiger partial charge in [0.2, 0.25) is 0 Å². The average molecular weight is 354 g/mol. The van der Waals surface area contributed by atoms with Gasteiger partial charge in [0.1, 0.15) is 0 Å². The molecule has 0 spiro atoms. The van der Waals surface area contributed by atoms with Crippen molar-refractivity contribution in [1.82, 2.24) is 4.57 Å². The van der Waals surface area contributed by atoms with Crippen LogP contribution in [-0.2, 0) is 6.54 Å². The zero-order valence-electron chi connectivity index (χ0n) is 13.1. The lowest BCUT2D eigenvalue weighted by Crippen LogP contribution is -2.12. The molecule has 2 unspecified atom stereocenters. The van der Waals surface area contributed by atoms with Gasteiger partial charge in [-0.15, -0.1) is 0 Å². The molecule has 0 saturated carbocycles. The first kappa shape index (κ1) is 16.3. The highest BCUT2D eigenvalue weighted by atomic mass is 79.9. The van der Waals surface area contributed by atoms with Crippen molar-refractivity contribution in [2.75, 3.05) is 0 Å². The number of benzene rings is 1. The lowest BCUT2D eigenvalue weighted by atomic mass is 9.92. The predicted octanol–water partition coefficient (Wildman–Crippen LogP) is 5.27. The number of rotatable bonds is 7. The van der Waals surface area contributed by atoms with Crippen molar-refractivity contribution in [3.8, 4) is 0 Å². The van der Waals surface area contributed by atoms with Gasteiger partial charge in [-0.05, 0) is 37.0 Å². The van der Waals surface area contributed by atoms with E-state index in [1.54, 1.807) is 4.57 Å². The Labute approximate surface area is 134 Å². The molecular formula is C17H24BrNO2. The highest BCUT2D eigenvalue weighted by Gasteiger charge is 2.20. The second-order valence-electron chi connectivity index (χ2n) is 5.55. The molecule has 116 valence electrons. The molecule has 2 atom stereocenters. The van der Waals surface area contributed by atoms with Crippen molar-refractivity contribution in [2.24, 2.45) is 5.92 Å². The van der Waals surface area contributed by atoms with Crippen LogP contribution in [0.1, 0.15) is 56.8 Å². The number of hydrogen-bond donors (Lipinski definition) is 0. The Morgan fingerprint density at radius 1 is 1.29 bits per heavy atom. The smallest absolute Gasteiger partial charge is 0.408 e. The monoisotopic (exact) mass is 353 g/mol. The van der Waals surface area contributed by atoms with Crippen LogP contribution in [0.5, 0.6) is 0 Å². The summed E-state index contributed by atoms with van der Waals surface area (Å²) in [6.45, 7) is 7.05. The number of hydrogen-bond acceptors (Lipinski definition) is 2. The largest absolute Gasteiger partial charge is 0.419 e. The molecule has 0 fully saturated rings. The van der Waals surface area contributed by atoms with Crippen LogP contribution in [0.25, 0.3) is 11.1 Å². The Bertz CT molecular complexity index is 644. The van der Waals surface area contributed by atoms with E-state index in [2.05, 4.69) is 35.8 Å². The molecule has 4 heteroatoms. The molecule has 1 aromatic carbocycles. The average Bonchev–Trinajstić information content (AvgIpc) is 2.81. The van der Waals surface area contributed by atoms with Gasteiger partial charge in [-0.25, -0.2) is 4.79 Å². The quantitative estimate of drug-likeness (QED) is 0.635. The Kier molecular flexibility index (Phi) is 5.68. The Morgan fingerprint density at radius 3 is 2.67 bits per heavy atom. The number of fused-ring (bicyclic) bond motifs is 1. The van der Waals surface area contributed by atoms with E-state index in [0.717, 1.165) is 11.9 Å². The standard InChI is InChI=1S/C17H24BrNO2/c1-4-7-8-12(5-2)16(18)13-9-10-14-15(11-13)21-17(20)19(14)6-3/h9-12,16H,4-8H2,1-3H3. The lowest BCUT2D eigenvalue weighted by molar-refractivity contribution is 0.446. The van der Waals surface area contributed by atoms with Gasteiger partial charge in [0.25, 0.3) is 0 Å². The maximum absolute atomic E-state index is 11.8. The van der Waals surface area contributed by atoms with Gasteiger partial charge >= 0.3 is 5.76 Å². The minimum absolute atomic E-state index is 0.270. The summed E-state index contributed by atoms with van der Waals surface area (Å²) in [5.41, 5.74) is 2.77. The summed E-state index contributed by atoms with van der Waals surface area (Å²) in [5, 5.41) is 0. The van der Waals surface area contributed by atoms with Gasteiger partial charge in [0.15, 0.2) is 5.58 Å². The van der Waals surface area contributed by atoms with Crippen LogP contribution in [-0.4, -0.2) is 4.57 Å². The van der Waals surface area contributed by atoms with E-state index in [4.69, 9.17) is 4.42 Å². The van der Waals surface area contributed by atoms with Gasteiger partial charge in [-0.3, -0.25) is 4.57 Å². The molecule has 2 rings (SSSR count). The van der Waals surface area contributed by atoms with Crippen LogP contribution < -0.4 is 5.76 Å². The summed E-state index contributed by atoms with van der Waals surface area (Å²) in [6.07, 6.45) is 4.85. The fourth-order valence-corrected chi connectivity index (χ4v) is 3.77. The second kappa shape index (κ2) is 7.30. The van der Waals surface area contributed by atoms with Crippen molar-refractivity contribution in [1.29, 1.82) is 0 Å². The van der Waals surface area contributed by atoms with Crippen molar-refractivity contribution in [2.45, 2.75) is 57.8 Å². The Hall–Kier alpha value is -1.03. The molecule has 21 heavy (non-hydrogen) atoms. The SMILES string of the molecule is CCCCC(CC)C(Br)c1ccc2c(c1)oc(=O)n2CC. The molecular weight excluding hydrogens is 330 g/mol. The van der Waals surface area contributed by atoms with Crippen LogP contribution in [0.2, 0.25) is 0 Å². The highest BCUT2D eigenvalue weighted by Crippen LogP contribution is 2.37. The van der Waals surface area contributed by atoms with E-state index in [0.29, 0.717) is 22.9 Å². The summed E-state index contributed by atoms with van der Waals surface area (Å²) >= 11 is 3.84. The molecule has 0 aliphatic heterocycles. The first-order valence-corrected chi connectivity index (χ1v) is 8.81. The Balaban J connectivity index is 2.31. The lowest BCUT2D eigenvalue weighted by Gasteiger charge is -2.21. The topological polar surface area (TPSA) is 35.1 Å². The number of alkyl halides is 1. The molecule has 0 aliphatic carbocycles. The van der Waals surface area contributed by atoms with Gasteiger partial charge in [0, 0.05) is 11.4 Å². The fraction of sp³-hybridized carbons (Fsp3) is 0.588. The zero-order valence-corrected chi connectivity index (χ0v) is 14.6. The normalized spacial score (nSPS) is 14.5. The molecule has 0 radical (unpaired) electrons. The number of oxazole rings is 1. The predicted molar refractivity (Wildman–Crippen MR) is 91.1 cm³/mol. The molecule has 1 heterocycles. The second-order valence-corrected chi connectivity index (χ2v) is 6.54. The van der Waals surface area contributed by atoms with E-state index in [1.165, 1.54) is 24.8 Å². The van der Waals surface area contributed by atoms with Crippen LogP contribution in [0.4, 0.5) is 0 Å². The minimum atomic E-state index is -0.270. The Morgan fingerprint density at radius 2 is 2.05 bits per heavy atom. The fourth-order valence-electron chi connectivity index (χ4n) is 2.85. The van der Waals surface area contributed by atoms with Crippen molar-refractivity contribution < 1.29 is 4.42 Å². The van der Waals surface area contributed by atoms with Crippen molar-refractivity contribution in [3.05, 3.63) is 34.3 Å². The van der Waals surface area contributed by atoms with E-state index < -0.39 is 0 Å². The maximum atomic E-state index is 11.8. The molecule has 1 aromatic heterocycles. The highest BCUT2D eigenvalue weighted by molar-refractivity contribution is 9.09. The molecule has 0 N–H and O–H groups in total. The van der Waals surface area contributed by atoms with E-state index in [9.17, 15) is 4.79 Å². The van der Waals surface area contributed by atoms with Gasteiger partial charge in [-0.1, -0.05) is 55.1 Å². The first-order chi connectivity index (χ1) is 10.1. The van der Waals surface area contributed by atoms with Gasteiger partial charge in [0.05, 0.1) is 5.52 Å². The number of nitrogens with zero attached hydrogens (tertiary/aromatic N) is 1. The molecule has 0 saturated heterocycles. The maximum Gasteiger partial charge on any atom is 0.419 e. The molecule has 2 aromatic rings. The van der Waals surface area contributed by atoms with Gasteiger partial charge < -0.3 is 4.42 Å². The molecule has 3 nitrogen and oxygen atoms in total. The van der Waals surface area contributed by atoms with Crippen molar-refractivity contribution in [3.63, 3.8) is 0 Å². The summed E-state index contributed by atoms with van der Waals surface area (Å²) < 4.78 is 7.03. The number of aromatic nitrogens is 1. The first-order valence-electron chi connectivity index (χ1n) is 7.89. The third-order valence-corrected chi connectivity index (χ3v) is 5.47. The zero-order chi connectivity index (χ0) is 15.4. The van der Waals surface area contributed by atoms with Crippen LogP contribution in [0, 0.1) is 5.92 Å². The molecule has 0 bridgehead atoms. The van der Waals surface area contributed by atoms with Gasteiger partial charge in [-0.2, -0.15) is 0 Å². The van der Waals surface area contributed by atoms with Crippen molar-refractivity contribution >= 4 is 27.0 Å². The third kappa shape index (κ3) is 3.42. The summed E-state index contributed by atoms with van der Waals surface area (Å²) in [5.74, 6) is 0.344. The summed E-state index contributed by atoms with van der Waals surface area (Å²) in [6, 6.07) is 6.12. The number of unbranched alkanes of at least 4 members (excludes halogenated alkanes) is 1. The van der Waals surface area contributed by atoms with Crippen LogP contribution >= 0.6 is 15.9 Å². The van der Waals surface area contributed by atoms with E-state index in [-0.39, 0.29) is 5.76 Å². The molecule has 0 aliphatic rings. The number of halogens is 1. The van der Waals surface area contributed by atoms with E-state index >= 15 is 0 Å². The summed E-state index contributed by atoms with van der Waals surface area (Å²) in [4.78, 5) is 12.1. The third-order valence-electron chi connectivity index (χ3n) is 4.19. The van der Waals surface area contributed by atoms with Crippen LogP contribution in [0.3, 0.4) is 0 Å². The van der Waals surface area contributed by atoms with E-state index in [1.807, 2.05) is 19.1 Å². The molecule has 0 amide bonds. The van der Waals surface area contributed by atoms with Crippen LogP contribution in [0.15, 0.2) is 27.4 Å². The minimum Gasteiger partial charge on any atom is -0.408 e. The number of aryl methyl sites for hydroxylation is 1. The summed E-state index contributed by atoms with van der Waals surface area (Å²) in [7, 11) is 0.